The summed E-state index contributed by atoms with van der Waals surface area (Å²) in [6.07, 6.45) is 8.78. The Kier molecular flexibility index (Phi) is 2.55. The lowest BCUT2D eigenvalue weighted by molar-refractivity contribution is 0.244. The van der Waals surface area contributed by atoms with E-state index in [1.165, 1.54) is 0 Å². The number of hydrogen-bond acceptors (Lipinski definition) is 1. The fourth-order valence-corrected chi connectivity index (χ4v) is 1.37. The maximum Gasteiger partial charge on any atom is 0.0949 e. The first-order valence-corrected chi connectivity index (χ1v) is 3.73. The number of ether oxygens (including phenoxy) is 1. The SMILES string of the molecule is C/C=C(\OC)C1CC=CC1. The third-order valence-electron chi connectivity index (χ3n) is 1.93. The van der Waals surface area contributed by atoms with Gasteiger partial charge >= 0.3 is 0 Å². The van der Waals surface area contributed by atoms with Gasteiger partial charge in [-0.1, -0.05) is 12.2 Å². The summed E-state index contributed by atoms with van der Waals surface area (Å²) in [6.45, 7) is 2.02. The highest BCUT2D eigenvalue weighted by Gasteiger charge is 2.14. The highest BCUT2D eigenvalue weighted by atomic mass is 16.5. The Bertz CT molecular complexity index is 148. The van der Waals surface area contributed by atoms with E-state index in [4.69, 9.17) is 4.74 Å². The molecule has 1 heteroatoms. The molecule has 0 aromatic carbocycles. The molecule has 0 spiro atoms. The van der Waals surface area contributed by atoms with E-state index in [2.05, 4.69) is 18.2 Å². The molecule has 10 heavy (non-hydrogen) atoms. The molecule has 0 amide bonds. The number of methoxy groups -OCH3 is 1. The predicted octanol–water partition coefficient (Wildman–Crippen LogP) is 2.50. The quantitative estimate of drug-likeness (QED) is 0.421. The van der Waals surface area contributed by atoms with Crippen molar-refractivity contribution in [3.05, 3.63) is 24.0 Å². The largest absolute Gasteiger partial charge is 0.501 e. The highest BCUT2D eigenvalue weighted by Crippen LogP contribution is 2.25. The van der Waals surface area contributed by atoms with Crippen molar-refractivity contribution in [2.45, 2.75) is 19.8 Å². The molecule has 0 radical (unpaired) electrons. The van der Waals surface area contributed by atoms with E-state index in [9.17, 15) is 0 Å². The van der Waals surface area contributed by atoms with Gasteiger partial charge in [-0.05, 0) is 25.8 Å². The third-order valence-corrected chi connectivity index (χ3v) is 1.93. The molecule has 0 aliphatic heterocycles. The fraction of sp³-hybridized carbons (Fsp3) is 0.556. The first-order chi connectivity index (χ1) is 4.88. The van der Waals surface area contributed by atoms with E-state index >= 15 is 0 Å². The Balaban J connectivity index is 2.48. The summed E-state index contributed by atoms with van der Waals surface area (Å²) in [5.74, 6) is 1.75. The minimum Gasteiger partial charge on any atom is -0.501 e. The van der Waals surface area contributed by atoms with Crippen LogP contribution < -0.4 is 0 Å². The molecule has 1 rings (SSSR count). The molecule has 0 atom stereocenters. The zero-order chi connectivity index (χ0) is 7.40. The molecule has 0 N–H and O–H groups in total. The predicted molar refractivity (Wildman–Crippen MR) is 42.6 cm³/mol. The zero-order valence-electron chi connectivity index (χ0n) is 6.63. The van der Waals surface area contributed by atoms with Crippen LogP contribution in [-0.4, -0.2) is 7.11 Å². The lowest BCUT2D eigenvalue weighted by Crippen LogP contribution is -2.00. The summed E-state index contributed by atoms with van der Waals surface area (Å²) in [6, 6.07) is 0. The van der Waals surface area contributed by atoms with Gasteiger partial charge in [0.1, 0.15) is 0 Å². The Morgan fingerprint density at radius 3 is 2.50 bits per heavy atom. The molecule has 0 fully saturated rings. The fourth-order valence-electron chi connectivity index (χ4n) is 1.37. The first-order valence-electron chi connectivity index (χ1n) is 3.73. The summed E-state index contributed by atoms with van der Waals surface area (Å²) in [5.41, 5.74) is 0. The number of allylic oxidation sites excluding steroid dienone is 4. The van der Waals surface area contributed by atoms with Crippen LogP contribution in [0.15, 0.2) is 24.0 Å². The van der Waals surface area contributed by atoms with Crippen LogP contribution in [0, 0.1) is 5.92 Å². The molecule has 1 aliphatic rings. The monoisotopic (exact) mass is 138 g/mol. The molecule has 0 heterocycles. The molecule has 0 saturated carbocycles. The first kappa shape index (κ1) is 7.39. The summed E-state index contributed by atoms with van der Waals surface area (Å²) in [4.78, 5) is 0. The smallest absolute Gasteiger partial charge is 0.0949 e. The average molecular weight is 138 g/mol. The molecular weight excluding hydrogens is 124 g/mol. The highest BCUT2D eigenvalue weighted by molar-refractivity contribution is 5.07. The van der Waals surface area contributed by atoms with Gasteiger partial charge in [0.2, 0.25) is 0 Å². The molecular formula is C9H14O. The van der Waals surface area contributed by atoms with Crippen molar-refractivity contribution in [1.29, 1.82) is 0 Å². The number of hydrogen-bond donors (Lipinski definition) is 0. The Morgan fingerprint density at radius 1 is 1.50 bits per heavy atom. The van der Waals surface area contributed by atoms with Gasteiger partial charge in [-0.2, -0.15) is 0 Å². The van der Waals surface area contributed by atoms with Crippen molar-refractivity contribution in [2.24, 2.45) is 5.92 Å². The van der Waals surface area contributed by atoms with Gasteiger partial charge in [-0.25, -0.2) is 0 Å². The van der Waals surface area contributed by atoms with Crippen LogP contribution in [0.2, 0.25) is 0 Å². The molecule has 0 aromatic heterocycles. The average Bonchev–Trinajstić information content (AvgIpc) is 2.43. The second-order valence-corrected chi connectivity index (χ2v) is 2.53. The summed E-state index contributed by atoms with van der Waals surface area (Å²) in [7, 11) is 1.74. The van der Waals surface area contributed by atoms with Crippen molar-refractivity contribution in [1.82, 2.24) is 0 Å². The van der Waals surface area contributed by atoms with Gasteiger partial charge in [0.05, 0.1) is 12.9 Å². The minimum atomic E-state index is 0.620. The van der Waals surface area contributed by atoms with Crippen molar-refractivity contribution in [2.75, 3.05) is 7.11 Å². The summed E-state index contributed by atoms with van der Waals surface area (Å²) < 4.78 is 5.20. The molecule has 0 saturated heterocycles. The van der Waals surface area contributed by atoms with Crippen LogP contribution in [0.1, 0.15) is 19.8 Å². The van der Waals surface area contributed by atoms with Crippen LogP contribution in [0.3, 0.4) is 0 Å². The Morgan fingerprint density at radius 2 is 2.10 bits per heavy atom. The van der Waals surface area contributed by atoms with Gasteiger partial charge in [0, 0.05) is 5.92 Å². The topological polar surface area (TPSA) is 9.23 Å². The second-order valence-electron chi connectivity index (χ2n) is 2.53. The molecule has 0 bridgehead atoms. The Labute approximate surface area is 62.4 Å². The van der Waals surface area contributed by atoms with E-state index in [-0.39, 0.29) is 0 Å². The molecule has 1 aliphatic carbocycles. The number of rotatable bonds is 2. The van der Waals surface area contributed by atoms with Crippen molar-refractivity contribution >= 4 is 0 Å². The lowest BCUT2D eigenvalue weighted by atomic mass is 10.1. The van der Waals surface area contributed by atoms with Gasteiger partial charge in [0.15, 0.2) is 0 Å². The molecule has 56 valence electrons. The van der Waals surface area contributed by atoms with E-state index in [0.717, 1.165) is 18.6 Å². The van der Waals surface area contributed by atoms with Gasteiger partial charge in [0.25, 0.3) is 0 Å². The van der Waals surface area contributed by atoms with Gasteiger partial charge in [-0.3, -0.25) is 0 Å². The van der Waals surface area contributed by atoms with E-state index in [1.807, 2.05) is 6.92 Å². The maximum absolute atomic E-state index is 5.20. The van der Waals surface area contributed by atoms with Crippen molar-refractivity contribution in [3.8, 4) is 0 Å². The molecule has 1 nitrogen and oxygen atoms in total. The Hall–Kier alpha value is -0.720. The second kappa shape index (κ2) is 3.45. The van der Waals surface area contributed by atoms with Crippen LogP contribution in [0.4, 0.5) is 0 Å². The van der Waals surface area contributed by atoms with E-state index < -0.39 is 0 Å². The van der Waals surface area contributed by atoms with Crippen LogP contribution >= 0.6 is 0 Å². The van der Waals surface area contributed by atoms with Gasteiger partial charge in [-0.15, -0.1) is 0 Å². The molecule has 0 unspecified atom stereocenters. The van der Waals surface area contributed by atoms with Gasteiger partial charge < -0.3 is 4.74 Å². The van der Waals surface area contributed by atoms with E-state index in [0.29, 0.717) is 5.92 Å². The summed E-state index contributed by atoms with van der Waals surface area (Å²) >= 11 is 0. The van der Waals surface area contributed by atoms with Crippen molar-refractivity contribution < 1.29 is 4.74 Å². The van der Waals surface area contributed by atoms with Crippen LogP contribution in [-0.2, 0) is 4.74 Å². The van der Waals surface area contributed by atoms with Crippen LogP contribution in [0.5, 0.6) is 0 Å². The zero-order valence-corrected chi connectivity index (χ0v) is 6.63. The van der Waals surface area contributed by atoms with E-state index in [1.54, 1.807) is 7.11 Å². The normalized spacial score (nSPS) is 20.0. The van der Waals surface area contributed by atoms with Crippen LogP contribution in [0.25, 0.3) is 0 Å². The maximum atomic E-state index is 5.20. The minimum absolute atomic E-state index is 0.620. The summed E-state index contributed by atoms with van der Waals surface area (Å²) in [5, 5.41) is 0. The van der Waals surface area contributed by atoms with Crippen molar-refractivity contribution in [3.63, 3.8) is 0 Å². The lowest BCUT2D eigenvalue weighted by Gasteiger charge is -2.11. The molecule has 0 aromatic rings. The third kappa shape index (κ3) is 1.41. The standard InChI is InChI=1S/C9H14O/c1-3-9(10-2)8-6-4-5-7-8/h3-5,8H,6-7H2,1-2H3/b9-3-.